The second-order valence-electron chi connectivity index (χ2n) is 4.22. The van der Waals surface area contributed by atoms with Crippen LogP contribution in [0.5, 0.6) is 0 Å². The Kier molecular flexibility index (Phi) is 3.56. The lowest BCUT2D eigenvalue weighted by Gasteiger charge is -2.25. The molecule has 1 amide bonds. The predicted octanol–water partition coefficient (Wildman–Crippen LogP) is 1.48. The van der Waals surface area contributed by atoms with Crippen molar-refractivity contribution in [3.05, 3.63) is 16.1 Å². The van der Waals surface area contributed by atoms with Crippen molar-refractivity contribution in [2.75, 3.05) is 0 Å². The van der Waals surface area contributed by atoms with E-state index in [-0.39, 0.29) is 18.1 Å². The maximum atomic E-state index is 11.8. The molecule has 0 radical (unpaired) electrons. The first-order chi connectivity index (χ1) is 7.65. The molecule has 2 rings (SSSR count). The Morgan fingerprint density at radius 1 is 1.50 bits per heavy atom. The van der Waals surface area contributed by atoms with Gasteiger partial charge in [0.2, 0.25) is 0 Å². The van der Waals surface area contributed by atoms with E-state index in [1.54, 1.807) is 6.20 Å². The van der Waals surface area contributed by atoms with Crippen molar-refractivity contribution in [3.63, 3.8) is 0 Å². The molecule has 0 aliphatic heterocycles. The Morgan fingerprint density at radius 2 is 2.19 bits per heavy atom. The molecule has 1 saturated carbocycles. The van der Waals surface area contributed by atoms with Crippen molar-refractivity contribution in [1.82, 2.24) is 10.3 Å². The van der Waals surface area contributed by atoms with E-state index in [9.17, 15) is 9.90 Å². The number of nitrogens with zero attached hydrogens (tertiary/aromatic N) is 1. The Hall–Kier alpha value is -0.940. The topological polar surface area (TPSA) is 62.2 Å². The van der Waals surface area contributed by atoms with Crippen LogP contribution in [0.2, 0.25) is 0 Å². The summed E-state index contributed by atoms with van der Waals surface area (Å²) in [5.41, 5.74) is 0. The van der Waals surface area contributed by atoms with Crippen LogP contribution in [0.25, 0.3) is 0 Å². The minimum atomic E-state index is -0.182. The predicted molar refractivity (Wildman–Crippen MR) is 62.6 cm³/mol. The van der Waals surface area contributed by atoms with Crippen LogP contribution in [0.4, 0.5) is 0 Å². The number of aryl methyl sites for hydroxylation is 1. The molecule has 2 N–H and O–H groups in total. The van der Waals surface area contributed by atoms with Gasteiger partial charge in [-0.1, -0.05) is 0 Å². The van der Waals surface area contributed by atoms with Crippen molar-refractivity contribution in [2.45, 2.75) is 44.8 Å². The van der Waals surface area contributed by atoms with Crippen molar-refractivity contribution in [3.8, 4) is 0 Å². The van der Waals surface area contributed by atoms with E-state index >= 15 is 0 Å². The number of aromatic nitrogens is 1. The molecule has 0 spiro atoms. The molecule has 0 saturated heterocycles. The number of hydrogen-bond acceptors (Lipinski definition) is 4. The van der Waals surface area contributed by atoms with Crippen LogP contribution < -0.4 is 5.32 Å². The highest BCUT2D eigenvalue weighted by Crippen LogP contribution is 2.19. The first-order valence-corrected chi connectivity index (χ1v) is 6.38. The molecule has 5 heteroatoms. The number of thiazole rings is 1. The second-order valence-corrected chi connectivity index (χ2v) is 5.46. The second kappa shape index (κ2) is 4.93. The molecule has 4 nitrogen and oxygen atoms in total. The highest BCUT2D eigenvalue weighted by atomic mass is 32.1. The van der Waals surface area contributed by atoms with E-state index in [0.717, 1.165) is 30.7 Å². The van der Waals surface area contributed by atoms with E-state index in [1.807, 2.05) is 6.92 Å². The lowest BCUT2D eigenvalue weighted by molar-refractivity contribution is 0.0871. The maximum absolute atomic E-state index is 11.8. The van der Waals surface area contributed by atoms with Gasteiger partial charge in [0.05, 0.1) is 17.3 Å². The fourth-order valence-electron chi connectivity index (χ4n) is 1.94. The summed E-state index contributed by atoms with van der Waals surface area (Å²) in [6.07, 6.45) is 4.74. The number of amides is 1. The van der Waals surface area contributed by atoms with Gasteiger partial charge in [0.25, 0.3) is 5.91 Å². The van der Waals surface area contributed by atoms with Gasteiger partial charge in [-0.15, -0.1) is 11.3 Å². The first kappa shape index (κ1) is 11.5. The third-order valence-electron chi connectivity index (χ3n) is 2.88. The average molecular weight is 240 g/mol. The zero-order chi connectivity index (χ0) is 11.5. The molecule has 1 aromatic heterocycles. The van der Waals surface area contributed by atoms with Crippen molar-refractivity contribution < 1.29 is 9.90 Å². The standard InChI is InChI=1S/C11H16N2O2S/c1-7-12-6-10(16-7)11(15)13-8-2-4-9(14)5-3-8/h6,8-9,14H,2-5H2,1H3,(H,13,15). The van der Waals surface area contributed by atoms with E-state index in [2.05, 4.69) is 10.3 Å². The Morgan fingerprint density at radius 3 is 2.75 bits per heavy atom. The zero-order valence-corrected chi connectivity index (χ0v) is 10.1. The molecular formula is C11H16N2O2S. The molecule has 88 valence electrons. The molecule has 0 aromatic carbocycles. The van der Waals surface area contributed by atoms with Crippen LogP contribution in [-0.4, -0.2) is 28.1 Å². The summed E-state index contributed by atoms with van der Waals surface area (Å²) in [7, 11) is 0. The van der Waals surface area contributed by atoms with Crippen LogP contribution in [0.3, 0.4) is 0 Å². The SMILES string of the molecule is Cc1ncc(C(=O)NC2CCC(O)CC2)s1. The molecule has 1 aliphatic rings. The smallest absolute Gasteiger partial charge is 0.263 e. The number of aliphatic hydroxyl groups is 1. The third-order valence-corrected chi connectivity index (χ3v) is 3.79. The quantitative estimate of drug-likeness (QED) is 0.823. The van der Waals surface area contributed by atoms with Crippen molar-refractivity contribution in [2.24, 2.45) is 0 Å². The molecule has 0 unspecified atom stereocenters. The van der Waals surface area contributed by atoms with Gasteiger partial charge in [0.1, 0.15) is 4.88 Å². The molecular weight excluding hydrogens is 224 g/mol. The third kappa shape index (κ3) is 2.80. The Labute approximate surface area is 98.7 Å². The molecule has 0 atom stereocenters. The average Bonchev–Trinajstić information content (AvgIpc) is 2.68. The fraction of sp³-hybridized carbons (Fsp3) is 0.636. The van der Waals surface area contributed by atoms with E-state index < -0.39 is 0 Å². The van der Waals surface area contributed by atoms with Crippen LogP contribution in [0.15, 0.2) is 6.20 Å². The van der Waals surface area contributed by atoms with Gasteiger partial charge in [-0.05, 0) is 32.6 Å². The zero-order valence-electron chi connectivity index (χ0n) is 9.27. The maximum Gasteiger partial charge on any atom is 0.263 e. The molecule has 1 aromatic rings. The van der Waals surface area contributed by atoms with Gasteiger partial charge in [0.15, 0.2) is 0 Å². The largest absolute Gasteiger partial charge is 0.393 e. The fourth-order valence-corrected chi connectivity index (χ4v) is 2.62. The minimum Gasteiger partial charge on any atom is -0.393 e. The number of carbonyl (C=O) groups excluding carboxylic acids is 1. The van der Waals surface area contributed by atoms with Gasteiger partial charge in [-0.25, -0.2) is 4.98 Å². The van der Waals surface area contributed by atoms with Gasteiger partial charge in [-0.2, -0.15) is 0 Å². The monoisotopic (exact) mass is 240 g/mol. The number of carbonyl (C=O) groups is 1. The lowest BCUT2D eigenvalue weighted by atomic mass is 9.93. The summed E-state index contributed by atoms with van der Waals surface area (Å²) in [6, 6.07) is 0.207. The highest BCUT2D eigenvalue weighted by Gasteiger charge is 2.21. The van der Waals surface area contributed by atoms with E-state index in [1.165, 1.54) is 11.3 Å². The van der Waals surface area contributed by atoms with Crippen molar-refractivity contribution >= 4 is 17.2 Å². The van der Waals surface area contributed by atoms with Crippen LogP contribution >= 0.6 is 11.3 Å². The normalized spacial score (nSPS) is 25.4. The summed E-state index contributed by atoms with van der Waals surface area (Å²) in [5.74, 6) is -0.0352. The van der Waals surface area contributed by atoms with Gasteiger partial charge >= 0.3 is 0 Å². The minimum absolute atomic E-state index is 0.0352. The summed E-state index contributed by atoms with van der Waals surface area (Å²) < 4.78 is 0. The van der Waals surface area contributed by atoms with Crippen LogP contribution in [0, 0.1) is 6.92 Å². The number of rotatable bonds is 2. The van der Waals surface area contributed by atoms with E-state index in [0.29, 0.717) is 4.88 Å². The molecule has 1 heterocycles. The van der Waals surface area contributed by atoms with Gasteiger partial charge in [-0.3, -0.25) is 4.79 Å². The van der Waals surface area contributed by atoms with Gasteiger partial charge in [0, 0.05) is 6.04 Å². The molecule has 16 heavy (non-hydrogen) atoms. The number of nitrogens with one attached hydrogen (secondary N) is 1. The summed E-state index contributed by atoms with van der Waals surface area (Å²) in [5, 5.41) is 13.3. The number of hydrogen-bond donors (Lipinski definition) is 2. The Bertz CT molecular complexity index is 370. The first-order valence-electron chi connectivity index (χ1n) is 5.56. The van der Waals surface area contributed by atoms with Crippen molar-refractivity contribution in [1.29, 1.82) is 0 Å². The Balaban J connectivity index is 1.88. The summed E-state index contributed by atoms with van der Waals surface area (Å²) in [4.78, 5) is 16.5. The number of aliphatic hydroxyl groups excluding tert-OH is 1. The molecule has 1 fully saturated rings. The van der Waals surface area contributed by atoms with Gasteiger partial charge < -0.3 is 10.4 Å². The summed E-state index contributed by atoms with van der Waals surface area (Å²) in [6.45, 7) is 1.89. The lowest BCUT2D eigenvalue weighted by Crippen LogP contribution is -2.38. The molecule has 0 bridgehead atoms. The van der Waals surface area contributed by atoms with Crippen LogP contribution in [-0.2, 0) is 0 Å². The molecule has 1 aliphatic carbocycles. The highest BCUT2D eigenvalue weighted by molar-refractivity contribution is 7.13. The summed E-state index contributed by atoms with van der Waals surface area (Å²) >= 11 is 1.41. The van der Waals surface area contributed by atoms with Crippen LogP contribution in [0.1, 0.15) is 40.4 Å². The van der Waals surface area contributed by atoms with E-state index in [4.69, 9.17) is 0 Å².